The van der Waals surface area contributed by atoms with Crippen LogP contribution in [-0.4, -0.2) is 5.92 Å². The fourth-order valence-electron chi connectivity index (χ4n) is 1.99. The quantitative estimate of drug-likeness (QED) is 0.581. The lowest BCUT2D eigenvalue weighted by atomic mass is 9.89. The Hall–Kier alpha value is -0.470. The first kappa shape index (κ1) is 12.6. The van der Waals surface area contributed by atoms with Gasteiger partial charge in [-0.05, 0) is 38.5 Å². The molecule has 0 aliphatic heterocycles. The van der Waals surface area contributed by atoms with Gasteiger partial charge in [0.1, 0.15) is 0 Å². The maximum absolute atomic E-state index is 12.7. The van der Waals surface area contributed by atoms with Gasteiger partial charge in [0.15, 0.2) is 0 Å². The molecule has 0 aromatic rings. The fraction of sp³-hybridized carbons (Fsp3) is 0.833. The van der Waals surface area contributed by atoms with Crippen molar-refractivity contribution in [1.29, 1.82) is 0 Å². The van der Waals surface area contributed by atoms with E-state index in [0.29, 0.717) is 18.8 Å². The van der Waals surface area contributed by atoms with Gasteiger partial charge in [0, 0.05) is 6.42 Å². The molecule has 1 atom stereocenters. The monoisotopic (exact) mass is 220 g/mol. The highest BCUT2D eigenvalue weighted by molar-refractivity contribution is 4.97. The van der Waals surface area contributed by atoms with Crippen LogP contribution in [0.4, 0.5) is 13.2 Å². The number of rotatable bonds is 5. The smallest absolute Gasteiger partial charge is 0.212 e. The largest absolute Gasteiger partial charge is 0.245 e. The van der Waals surface area contributed by atoms with Crippen molar-refractivity contribution in [1.82, 2.24) is 0 Å². The number of hydrogen-bond donors (Lipinski definition) is 0. The van der Waals surface area contributed by atoms with Crippen LogP contribution < -0.4 is 0 Å². The van der Waals surface area contributed by atoms with E-state index in [4.69, 9.17) is 0 Å². The first-order chi connectivity index (χ1) is 6.97. The van der Waals surface area contributed by atoms with Gasteiger partial charge < -0.3 is 0 Å². The van der Waals surface area contributed by atoms with Gasteiger partial charge in [-0.3, -0.25) is 0 Å². The third kappa shape index (κ3) is 5.85. The normalized spacial score (nSPS) is 22.7. The summed E-state index contributed by atoms with van der Waals surface area (Å²) in [4.78, 5) is 0. The minimum absolute atomic E-state index is 0.00802. The van der Waals surface area contributed by atoms with Crippen molar-refractivity contribution in [2.75, 3.05) is 0 Å². The third-order valence-electron chi connectivity index (χ3n) is 2.94. The maximum Gasteiger partial charge on any atom is 0.245 e. The van der Waals surface area contributed by atoms with E-state index in [1.54, 1.807) is 6.08 Å². The molecule has 1 rings (SSSR count). The minimum atomic E-state index is -2.53. The predicted octanol–water partition coefficient (Wildman–Crippen LogP) is 4.86. The van der Waals surface area contributed by atoms with E-state index in [0.717, 1.165) is 32.6 Å². The van der Waals surface area contributed by atoms with Crippen LogP contribution in [0.3, 0.4) is 0 Å². The highest BCUT2D eigenvalue weighted by atomic mass is 19.3. The Bertz CT molecular complexity index is 215. The summed E-state index contributed by atoms with van der Waals surface area (Å²) in [5.41, 5.74) is 0. The first-order valence-corrected chi connectivity index (χ1v) is 5.70. The zero-order valence-electron chi connectivity index (χ0n) is 9.24. The van der Waals surface area contributed by atoms with Crippen molar-refractivity contribution < 1.29 is 13.2 Å². The van der Waals surface area contributed by atoms with Crippen LogP contribution in [0.2, 0.25) is 0 Å². The molecule has 3 heteroatoms. The first-order valence-electron chi connectivity index (χ1n) is 5.70. The van der Waals surface area contributed by atoms with Gasteiger partial charge in [0.25, 0.3) is 0 Å². The molecule has 0 aromatic carbocycles. The van der Waals surface area contributed by atoms with Gasteiger partial charge >= 0.3 is 0 Å². The number of allylic oxidation sites excluding steroid dienone is 2. The maximum atomic E-state index is 12.7. The Labute approximate surface area is 89.6 Å². The number of hydrogen-bond acceptors (Lipinski definition) is 0. The molecule has 0 saturated carbocycles. The average Bonchev–Trinajstić information content (AvgIpc) is 2.14. The van der Waals surface area contributed by atoms with Crippen molar-refractivity contribution in [3.8, 4) is 0 Å². The summed E-state index contributed by atoms with van der Waals surface area (Å²) in [5, 5.41) is 0. The third-order valence-corrected chi connectivity index (χ3v) is 2.94. The van der Waals surface area contributed by atoms with Crippen LogP contribution in [0.5, 0.6) is 0 Å². The Kier molecular flexibility index (Phi) is 4.68. The molecule has 0 spiro atoms. The molecule has 0 fully saturated rings. The summed E-state index contributed by atoms with van der Waals surface area (Å²) in [6.45, 7) is 0.964. The average molecular weight is 220 g/mol. The highest BCUT2D eigenvalue weighted by Crippen LogP contribution is 2.29. The van der Waals surface area contributed by atoms with E-state index in [2.05, 4.69) is 0 Å². The van der Waals surface area contributed by atoms with Crippen LogP contribution in [0, 0.1) is 5.92 Å². The Morgan fingerprint density at radius 1 is 1.40 bits per heavy atom. The van der Waals surface area contributed by atoms with Crippen LogP contribution in [-0.2, 0) is 0 Å². The summed E-state index contributed by atoms with van der Waals surface area (Å²) < 4.78 is 37.6. The predicted molar refractivity (Wildman–Crippen MR) is 55.6 cm³/mol. The van der Waals surface area contributed by atoms with Crippen LogP contribution in [0.1, 0.15) is 51.9 Å². The van der Waals surface area contributed by atoms with Crippen LogP contribution in [0.25, 0.3) is 0 Å². The molecule has 0 aromatic heterocycles. The van der Waals surface area contributed by atoms with Crippen LogP contribution in [0.15, 0.2) is 11.9 Å². The molecule has 0 bridgehead atoms. The van der Waals surface area contributed by atoms with Crippen molar-refractivity contribution in [2.45, 2.75) is 57.8 Å². The Morgan fingerprint density at radius 3 is 2.67 bits per heavy atom. The fourth-order valence-corrected chi connectivity index (χ4v) is 1.99. The second-order valence-corrected chi connectivity index (χ2v) is 4.61. The molecule has 0 nitrogen and oxygen atoms in total. The van der Waals surface area contributed by atoms with Crippen LogP contribution >= 0.6 is 0 Å². The molecule has 0 saturated heterocycles. The standard InChI is InChI=1S/C12H19F3/c1-12(14,15)9-3-2-4-10-5-7-11(13)8-6-10/h7,10H,2-6,8-9H2,1H3. The van der Waals surface area contributed by atoms with E-state index >= 15 is 0 Å². The van der Waals surface area contributed by atoms with E-state index in [1.807, 2.05) is 0 Å². The zero-order valence-corrected chi connectivity index (χ0v) is 9.24. The summed E-state index contributed by atoms with van der Waals surface area (Å²) in [7, 11) is 0. The molecular weight excluding hydrogens is 201 g/mol. The number of unbranched alkanes of at least 4 members (excludes halogenated alkanes) is 1. The topological polar surface area (TPSA) is 0 Å². The highest BCUT2D eigenvalue weighted by Gasteiger charge is 2.20. The summed E-state index contributed by atoms with van der Waals surface area (Å²) in [5.74, 6) is -2.03. The molecule has 1 aliphatic carbocycles. The van der Waals surface area contributed by atoms with Gasteiger partial charge in [-0.1, -0.05) is 18.9 Å². The van der Waals surface area contributed by atoms with Crippen molar-refractivity contribution in [2.24, 2.45) is 5.92 Å². The van der Waals surface area contributed by atoms with Gasteiger partial charge in [0.05, 0.1) is 5.83 Å². The molecule has 0 radical (unpaired) electrons. The second kappa shape index (κ2) is 5.57. The Balaban J connectivity index is 2.06. The van der Waals surface area contributed by atoms with Gasteiger partial charge in [-0.15, -0.1) is 0 Å². The molecule has 0 heterocycles. The minimum Gasteiger partial charge on any atom is -0.212 e. The summed E-state index contributed by atoms with van der Waals surface area (Å²) in [6, 6.07) is 0. The van der Waals surface area contributed by atoms with Gasteiger partial charge in [0.2, 0.25) is 5.92 Å². The molecule has 1 unspecified atom stereocenters. The molecule has 0 amide bonds. The molecule has 15 heavy (non-hydrogen) atoms. The SMILES string of the molecule is CC(F)(F)CCCCC1CC=C(F)CC1. The lowest BCUT2D eigenvalue weighted by molar-refractivity contribution is 0.0101. The zero-order chi connectivity index (χ0) is 11.3. The summed E-state index contributed by atoms with van der Waals surface area (Å²) in [6.07, 6.45) is 6.19. The lowest BCUT2D eigenvalue weighted by Crippen LogP contribution is -2.09. The van der Waals surface area contributed by atoms with E-state index in [1.165, 1.54) is 0 Å². The van der Waals surface area contributed by atoms with E-state index in [9.17, 15) is 13.2 Å². The lowest BCUT2D eigenvalue weighted by Gasteiger charge is -2.18. The molecule has 88 valence electrons. The van der Waals surface area contributed by atoms with E-state index in [-0.39, 0.29) is 12.2 Å². The van der Waals surface area contributed by atoms with Crippen molar-refractivity contribution in [3.63, 3.8) is 0 Å². The molecule has 0 N–H and O–H groups in total. The summed E-state index contributed by atoms with van der Waals surface area (Å²) >= 11 is 0. The molecule has 1 aliphatic rings. The number of alkyl halides is 2. The molecular formula is C12H19F3. The second-order valence-electron chi connectivity index (χ2n) is 4.61. The number of halogens is 3. The van der Waals surface area contributed by atoms with Crippen molar-refractivity contribution in [3.05, 3.63) is 11.9 Å². The van der Waals surface area contributed by atoms with Gasteiger partial charge in [-0.25, -0.2) is 13.2 Å². The Morgan fingerprint density at radius 2 is 2.13 bits per heavy atom. The van der Waals surface area contributed by atoms with Crippen molar-refractivity contribution >= 4 is 0 Å². The van der Waals surface area contributed by atoms with E-state index < -0.39 is 5.92 Å². The van der Waals surface area contributed by atoms with Gasteiger partial charge in [-0.2, -0.15) is 0 Å².